The van der Waals surface area contributed by atoms with Crippen LogP contribution in [0.3, 0.4) is 0 Å². The third-order valence-corrected chi connectivity index (χ3v) is 4.08. The van der Waals surface area contributed by atoms with Crippen LogP contribution in [-0.4, -0.2) is 16.4 Å². The van der Waals surface area contributed by atoms with E-state index in [9.17, 15) is 4.79 Å². The van der Waals surface area contributed by atoms with E-state index in [0.717, 1.165) is 22.5 Å². The third kappa shape index (κ3) is 4.85. The molecule has 0 saturated carbocycles. The van der Waals surface area contributed by atoms with Gasteiger partial charge in [-0.1, -0.05) is 42.0 Å². The highest BCUT2D eigenvalue weighted by atomic mass is 16.5. The van der Waals surface area contributed by atoms with Crippen LogP contribution in [0.1, 0.15) is 18.1 Å². The van der Waals surface area contributed by atoms with E-state index in [2.05, 4.69) is 17.0 Å². The first-order chi connectivity index (χ1) is 13.0. The molecule has 0 saturated heterocycles. The van der Waals surface area contributed by atoms with Gasteiger partial charge in [0.2, 0.25) is 0 Å². The van der Waals surface area contributed by atoms with Gasteiger partial charge in [0.15, 0.2) is 5.88 Å². The molecule has 3 rings (SSSR count). The van der Waals surface area contributed by atoms with Gasteiger partial charge >= 0.3 is 0 Å². The molecule has 27 heavy (non-hydrogen) atoms. The van der Waals surface area contributed by atoms with Gasteiger partial charge in [0.1, 0.15) is 0 Å². The number of nitrogens with one attached hydrogen (secondary N) is 1. The smallest absolute Gasteiger partial charge is 0.267 e. The largest absolute Gasteiger partial charge is 0.480 e. The van der Waals surface area contributed by atoms with Gasteiger partial charge in [-0.3, -0.25) is 4.79 Å². The fraction of sp³-hybridized carbons (Fsp3) is 0.182. The summed E-state index contributed by atoms with van der Waals surface area (Å²) in [4.78, 5) is 12.3. The number of aryl methyl sites for hydroxylation is 1. The third-order valence-electron chi connectivity index (χ3n) is 4.08. The first kappa shape index (κ1) is 18.5. The fourth-order valence-electron chi connectivity index (χ4n) is 2.73. The summed E-state index contributed by atoms with van der Waals surface area (Å²) in [5.41, 5.74) is 4.62. The predicted molar refractivity (Wildman–Crippen MR) is 109 cm³/mol. The van der Waals surface area contributed by atoms with Gasteiger partial charge in [0, 0.05) is 17.3 Å². The van der Waals surface area contributed by atoms with E-state index >= 15 is 0 Å². The van der Waals surface area contributed by atoms with Crippen LogP contribution >= 0.6 is 0 Å². The molecular weight excluding hydrogens is 338 g/mol. The van der Waals surface area contributed by atoms with Gasteiger partial charge in [0.05, 0.1) is 18.8 Å². The minimum absolute atomic E-state index is 0.136. The molecule has 138 valence electrons. The summed E-state index contributed by atoms with van der Waals surface area (Å²) in [6, 6.07) is 19.2. The number of nitrogens with zero attached hydrogens (tertiary/aromatic N) is 2. The van der Waals surface area contributed by atoms with Crippen LogP contribution in [0.4, 0.5) is 5.69 Å². The van der Waals surface area contributed by atoms with Gasteiger partial charge in [-0.25, -0.2) is 4.68 Å². The lowest BCUT2D eigenvalue weighted by Gasteiger charge is -2.12. The van der Waals surface area contributed by atoms with Gasteiger partial charge < -0.3 is 10.1 Å². The Morgan fingerprint density at radius 2 is 1.93 bits per heavy atom. The molecule has 0 aliphatic heterocycles. The first-order valence-corrected chi connectivity index (χ1v) is 8.88. The highest BCUT2D eigenvalue weighted by Crippen LogP contribution is 2.17. The summed E-state index contributed by atoms with van der Waals surface area (Å²) in [5, 5.41) is 7.63. The Labute approximate surface area is 158 Å². The van der Waals surface area contributed by atoms with Crippen molar-refractivity contribution in [3.63, 3.8) is 0 Å². The standard InChI is InChI=1S/C22H23N3O2/c1-4-27-17(3)23-20-7-5-6-18(14-20)15-25-22(26)13-12-21(24-25)19-10-8-16(2)9-11-19/h5-14,23H,3-4,15H2,1-2H3. The minimum atomic E-state index is -0.136. The zero-order valence-electron chi connectivity index (χ0n) is 15.6. The Bertz CT molecular complexity index is 991. The Kier molecular flexibility index (Phi) is 5.71. The van der Waals surface area contributed by atoms with Crippen molar-refractivity contribution in [2.24, 2.45) is 0 Å². The molecule has 1 aromatic heterocycles. The molecule has 0 atom stereocenters. The van der Waals surface area contributed by atoms with Crippen LogP contribution in [0.25, 0.3) is 11.3 Å². The lowest BCUT2D eigenvalue weighted by molar-refractivity contribution is 0.236. The highest BCUT2D eigenvalue weighted by Gasteiger charge is 2.05. The van der Waals surface area contributed by atoms with Crippen LogP contribution in [0.15, 0.2) is 77.9 Å². The number of hydrogen-bond acceptors (Lipinski definition) is 4. The number of anilines is 1. The van der Waals surface area contributed by atoms with Crippen LogP contribution in [0, 0.1) is 6.92 Å². The average Bonchev–Trinajstić information content (AvgIpc) is 2.65. The fourth-order valence-corrected chi connectivity index (χ4v) is 2.73. The molecule has 2 aromatic carbocycles. The van der Waals surface area contributed by atoms with E-state index < -0.39 is 0 Å². The van der Waals surface area contributed by atoms with E-state index in [1.54, 1.807) is 12.1 Å². The quantitative estimate of drug-likeness (QED) is 0.641. The van der Waals surface area contributed by atoms with Crippen molar-refractivity contribution < 1.29 is 4.74 Å². The molecule has 1 heterocycles. The van der Waals surface area contributed by atoms with Crippen molar-refractivity contribution in [1.82, 2.24) is 9.78 Å². The zero-order chi connectivity index (χ0) is 19.2. The maximum atomic E-state index is 12.3. The van der Waals surface area contributed by atoms with E-state index in [1.807, 2.05) is 62.4 Å². The van der Waals surface area contributed by atoms with E-state index in [4.69, 9.17) is 4.74 Å². The molecule has 0 radical (unpaired) electrons. The van der Waals surface area contributed by atoms with E-state index in [1.165, 1.54) is 10.2 Å². The SMILES string of the molecule is C=C(Nc1cccc(Cn2nc(-c3ccc(C)cc3)ccc2=O)c1)OCC. The summed E-state index contributed by atoms with van der Waals surface area (Å²) < 4.78 is 6.80. The number of ether oxygens (including phenoxy) is 1. The molecule has 5 heteroatoms. The topological polar surface area (TPSA) is 56.2 Å². The van der Waals surface area contributed by atoms with E-state index in [-0.39, 0.29) is 5.56 Å². The molecule has 0 spiro atoms. The lowest BCUT2D eigenvalue weighted by atomic mass is 10.1. The number of rotatable bonds is 7. The van der Waals surface area contributed by atoms with Gasteiger partial charge in [-0.15, -0.1) is 0 Å². The predicted octanol–water partition coefficient (Wildman–Crippen LogP) is 4.19. The second-order valence-corrected chi connectivity index (χ2v) is 6.26. The van der Waals surface area contributed by atoms with Crippen molar-refractivity contribution in [1.29, 1.82) is 0 Å². The average molecular weight is 361 g/mol. The summed E-state index contributed by atoms with van der Waals surface area (Å²) in [7, 11) is 0. The molecule has 0 aliphatic carbocycles. The highest BCUT2D eigenvalue weighted by molar-refractivity contribution is 5.58. The van der Waals surface area contributed by atoms with Crippen molar-refractivity contribution in [3.8, 4) is 11.3 Å². The second-order valence-electron chi connectivity index (χ2n) is 6.26. The molecule has 0 aliphatic rings. The molecule has 0 bridgehead atoms. The lowest BCUT2D eigenvalue weighted by Crippen LogP contribution is -2.22. The normalized spacial score (nSPS) is 10.4. The Morgan fingerprint density at radius 3 is 2.67 bits per heavy atom. The molecule has 3 aromatic rings. The molecule has 0 unspecified atom stereocenters. The van der Waals surface area contributed by atoms with Crippen molar-refractivity contribution in [2.45, 2.75) is 20.4 Å². The number of benzene rings is 2. The molecular formula is C22H23N3O2. The zero-order valence-corrected chi connectivity index (χ0v) is 15.6. The maximum Gasteiger partial charge on any atom is 0.267 e. The van der Waals surface area contributed by atoms with Crippen LogP contribution in [-0.2, 0) is 11.3 Å². The van der Waals surface area contributed by atoms with Crippen LogP contribution in [0.5, 0.6) is 0 Å². The van der Waals surface area contributed by atoms with Crippen LogP contribution in [0.2, 0.25) is 0 Å². The van der Waals surface area contributed by atoms with Crippen molar-refractivity contribution >= 4 is 5.69 Å². The molecule has 1 N–H and O–H groups in total. The first-order valence-electron chi connectivity index (χ1n) is 8.88. The van der Waals surface area contributed by atoms with Gasteiger partial charge in [0.25, 0.3) is 5.56 Å². The number of hydrogen-bond donors (Lipinski definition) is 1. The van der Waals surface area contributed by atoms with Gasteiger partial charge in [-0.2, -0.15) is 5.10 Å². The Morgan fingerprint density at radius 1 is 1.15 bits per heavy atom. The van der Waals surface area contributed by atoms with E-state index in [0.29, 0.717) is 19.0 Å². The monoisotopic (exact) mass is 361 g/mol. The summed E-state index contributed by atoms with van der Waals surface area (Å²) in [5.74, 6) is 0.492. The number of aromatic nitrogens is 2. The summed E-state index contributed by atoms with van der Waals surface area (Å²) >= 11 is 0. The van der Waals surface area contributed by atoms with Crippen molar-refractivity contribution in [3.05, 3.63) is 94.6 Å². The second kappa shape index (κ2) is 8.36. The maximum absolute atomic E-state index is 12.3. The Balaban J connectivity index is 1.83. The van der Waals surface area contributed by atoms with Gasteiger partial charge in [-0.05, 0) is 44.2 Å². The molecule has 0 amide bonds. The summed E-state index contributed by atoms with van der Waals surface area (Å²) in [6.45, 7) is 8.70. The van der Waals surface area contributed by atoms with Crippen LogP contribution < -0.4 is 10.9 Å². The van der Waals surface area contributed by atoms with Crippen molar-refractivity contribution in [2.75, 3.05) is 11.9 Å². The molecule has 5 nitrogen and oxygen atoms in total. The minimum Gasteiger partial charge on any atom is -0.480 e. The Hall–Kier alpha value is -3.34. The summed E-state index contributed by atoms with van der Waals surface area (Å²) in [6.07, 6.45) is 0. The molecule has 0 fully saturated rings.